The summed E-state index contributed by atoms with van der Waals surface area (Å²) < 4.78 is 0. The van der Waals surface area contributed by atoms with Crippen LogP contribution in [0.4, 0.5) is 0 Å². The highest BCUT2D eigenvalue weighted by molar-refractivity contribution is 6.45. The highest BCUT2D eigenvalue weighted by Gasteiger charge is 2.42. The number of carbonyl (C=O) groups excluding carboxylic acids is 2. The monoisotopic (exact) mass is 443 g/mol. The Morgan fingerprint density at radius 1 is 1.03 bits per heavy atom. The molecule has 2 aliphatic rings. The van der Waals surface area contributed by atoms with Crippen molar-refractivity contribution in [2.45, 2.75) is 85.0 Å². The van der Waals surface area contributed by atoms with Crippen LogP contribution in [-0.4, -0.2) is 17.3 Å². The Morgan fingerprint density at radius 2 is 1.65 bits per heavy atom. The largest absolute Gasteiger partial charge is 0.301 e. The number of benzene rings is 1. The third-order valence-electron chi connectivity index (χ3n) is 7.40. The third kappa shape index (κ3) is 7.00. The van der Waals surface area contributed by atoms with E-state index < -0.39 is 0 Å². The summed E-state index contributed by atoms with van der Waals surface area (Å²) in [5.41, 5.74) is 1.08. The maximum Gasteiger partial charge on any atom is 0.206 e. The summed E-state index contributed by atoms with van der Waals surface area (Å²) in [6, 6.07) is 6.83. The lowest BCUT2D eigenvalue weighted by Gasteiger charge is -2.35. The van der Waals surface area contributed by atoms with Crippen molar-refractivity contribution in [3.05, 3.63) is 34.9 Å². The van der Waals surface area contributed by atoms with Gasteiger partial charge in [0.05, 0.1) is 5.71 Å². The van der Waals surface area contributed by atoms with Crippen LogP contribution in [0, 0.1) is 34.5 Å². The van der Waals surface area contributed by atoms with E-state index in [0.717, 1.165) is 44.9 Å². The van der Waals surface area contributed by atoms with E-state index in [0.29, 0.717) is 51.9 Å². The Labute approximate surface area is 192 Å². The Morgan fingerprint density at radius 3 is 2.23 bits per heavy atom. The molecule has 0 aromatic heterocycles. The van der Waals surface area contributed by atoms with Gasteiger partial charge in [0.25, 0.3) is 0 Å². The molecular formula is C27H38ClNO2. The second kappa shape index (κ2) is 10.4. The standard InChI is InChI=1S/C27H38ClNO2/c1-27(2,3)14-4-5-23(30)12-13-24-20-6-7-21(24)16-18(15-20)17-25(29)26(31)19-8-10-22(28)11-9-19/h8-11,18,20-21,24,29H,4-7,12-17H2,1-3H3/t18-,20-,21+,24-. The number of ketones is 2. The maximum absolute atomic E-state index is 12.6. The van der Waals surface area contributed by atoms with Gasteiger partial charge in [-0.3, -0.25) is 9.59 Å². The normalized spacial score (nSPS) is 25.4. The van der Waals surface area contributed by atoms with Crippen LogP contribution in [-0.2, 0) is 4.79 Å². The molecule has 31 heavy (non-hydrogen) atoms. The number of Topliss-reactive ketones (excluding diaryl/α,β-unsaturated/α-hetero) is 2. The number of hydrogen-bond donors (Lipinski definition) is 1. The molecule has 3 rings (SSSR count). The highest BCUT2D eigenvalue weighted by atomic mass is 35.5. The lowest BCUT2D eigenvalue weighted by atomic mass is 9.70. The summed E-state index contributed by atoms with van der Waals surface area (Å²) in [7, 11) is 0. The molecule has 1 aromatic rings. The summed E-state index contributed by atoms with van der Waals surface area (Å²) in [6.07, 6.45) is 9.91. The molecule has 2 fully saturated rings. The summed E-state index contributed by atoms with van der Waals surface area (Å²) in [4.78, 5) is 25.0. The van der Waals surface area contributed by atoms with Crippen LogP contribution in [0.25, 0.3) is 0 Å². The molecule has 0 saturated heterocycles. The van der Waals surface area contributed by atoms with E-state index in [2.05, 4.69) is 20.8 Å². The van der Waals surface area contributed by atoms with Gasteiger partial charge in [0, 0.05) is 23.4 Å². The van der Waals surface area contributed by atoms with Gasteiger partial charge in [-0.1, -0.05) is 32.4 Å². The zero-order valence-corrected chi connectivity index (χ0v) is 20.1. The van der Waals surface area contributed by atoms with E-state index in [1.165, 1.54) is 12.8 Å². The Kier molecular flexibility index (Phi) is 8.13. The van der Waals surface area contributed by atoms with Gasteiger partial charge in [0.15, 0.2) is 0 Å². The fourth-order valence-electron chi connectivity index (χ4n) is 5.84. The molecule has 4 atom stereocenters. The molecule has 0 aliphatic heterocycles. The van der Waals surface area contributed by atoms with Crippen molar-refractivity contribution in [3.8, 4) is 0 Å². The van der Waals surface area contributed by atoms with Crippen LogP contribution in [0.15, 0.2) is 24.3 Å². The van der Waals surface area contributed by atoms with Gasteiger partial charge < -0.3 is 5.41 Å². The molecule has 2 aliphatic carbocycles. The van der Waals surface area contributed by atoms with Gasteiger partial charge in [-0.05, 0) is 105 Å². The first-order valence-electron chi connectivity index (χ1n) is 12.0. The van der Waals surface area contributed by atoms with E-state index in [4.69, 9.17) is 17.0 Å². The molecule has 3 nitrogen and oxygen atoms in total. The predicted molar refractivity (Wildman–Crippen MR) is 128 cm³/mol. The zero-order valence-electron chi connectivity index (χ0n) is 19.4. The molecule has 4 heteroatoms. The van der Waals surface area contributed by atoms with Crippen molar-refractivity contribution in [2.24, 2.45) is 29.1 Å². The van der Waals surface area contributed by atoms with Crippen molar-refractivity contribution in [1.82, 2.24) is 0 Å². The summed E-state index contributed by atoms with van der Waals surface area (Å²) in [6.45, 7) is 6.70. The van der Waals surface area contributed by atoms with Gasteiger partial charge in [-0.25, -0.2) is 0 Å². The minimum absolute atomic E-state index is 0.174. The molecule has 1 aromatic carbocycles. The van der Waals surface area contributed by atoms with Gasteiger partial charge in [-0.15, -0.1) is 0 Å². The average Bonchev–Trinajstić information content (AvgIpc) is 2.93. The summed E-state index contributed by atoms with van der Waals surface area (Å²) >= 11 is 5.91. The minimum Gasteiger partial charge on any atom is -0.301 e. The van der Waals surface area contributed by atoms with Crippen molar-refractivity contribution in [1.29, 1.82) is 5.41 Å². The van der Waals surface area contributed by atoms with Crippen LogP contribution < -0.4 is 0 Å². The molecule has 0 spiro atoms. The van der Waals surface area contributed by atoms with E-state index >= 15 is 0 Å². The molecule has 170 valence electrons. The number of carbonyl (C=O) groups is 2. The molecule has 2 bridgehead atoms. The Balaban J connectivity index is 1.44. The molecule has 0 heterocycles. The number of fused-ring (bicyclic) bond motifs is 2. The van der Waals surface area contributed by atoms with Crippen LogP contribution in [0.3, 0.4) is 0 Å². The fourth-order valence-corrected chi connectivity index (χ4v) is 5.97. The van der Waals surface area contributed by atoms with E-state index in [-0.39, 0.29) is 11.5 Å². The first-order valence-corrected chi connectivity index (χ1v) is 12.4. The predicted octanol–water partition coefficient (Wildman–Crippen LogP) is 7.55. The van der Waals surface area contributed by atoms with Crippen LogP contribution in [0.1, 0.15) is 95.3 Å². The fraction of sp³-hybridized carbons (Fsp3) is 0.667. The van der Waals surface area contributed by atoms with Crippen LogP contribution in [0.2, 0.25) is 5.02 Å². The number of nitrogens with one attached hydrogen (secondary N) is 1. The maximum atomic E-state index is 12.6. The van der Waals surface area contributed by atoms with Gasteiger partial charge in [0.1, 0.15) is 5.78 Å². The smallest absolute Gasteiger partial charge is 0.206 e. The number of rotatable bonds is 10. The molecule has 1 N–H and O–H groups in total. The van der Waals surface area contributed by atoms with Crippen molar-refractivity contribution in [2.75, 3.05) is 0 Å². The molecule has 0 radical (unpaired) electrons. The number of hydrogen-bond acceptors (Lipinski definition) is 3. The highest BCUT2D eigenvalue weighted by Crippen LogP contribution is 2.51. The first-order chi connectivity index (χ1) is 14.6. The van der Waals surface area contributed by atoms with Gasteiger partial charge >= 0.3 is 0 Å². The Bertz CT molecular complexity index is 778. The molecule has 0 amide bonds. The van der Waals surface area contributed by atoms with Crippen molar-refractivity contribution in [3.63, 3.8) is 0 Å². The average molecular weight is 444 g/mol. The van der Waals surface area contributed by atoms with E-state index in [9.17, 15) is 9.59 Å². The number of halogens is 1. The summed E-state index contributed by atoms with van der Waals surface area (Å²) in [5.74, 6) is 2.70. The lowest BCUT2D eigenvalue weighted by Crippen LogP contribution is -2.29. The quantitative estimate of drug-likeness (QED) is 0.299. The van der Waals surface area contributed by atoms with Crippen molar-refractivity contribution < 1.29 is 9.59 Å². The second-order valence-corrected chi connectivity index (χ2v) is 11.5. The summed E-state index contributed by atoms with van der Waals surface area (Å²) in [5, 5.41) is 8.95. The minimum atomic E-state index is -0.174. The van der Waals surface area contributed by atoms with Crippen LogP contribution >= 0.6 is 11.6 Å². The van der Waals surface area contributed by atoms with E-state index in [1.807, 2.05) is 0 Å². The van der Waals surface area contributed by atoms with Crippen molar-refractivity contribution >= 4 is 28.9 Å². The zero-order chi connectivity index (χ0) is 22.6. The lowest BCUT2D eigenvalue weighted by molar-refractivity contribution is -0.119. The van der Waals surface area contributed by atoms with Gasteiger partial charge in [0.2, 0.25) is 5.78 Å². The SMILES string of the molecule is CC(C)(C)CCCC(=O)CC[C@@H]1[C@@H]2CC[C@H]1C[C@H](CC(=N)C(=O)c1ccc(Cl)cc1)C2. The topological polar surface area (TPSA) is 58.0 Å². The molecule has 2 saturated carbocycles. The van der Waals surface area contributed by atoms with Crippen LogP contribution in [0.5, 0.6) is 0 Å². The Hall–Kier alpha value is -1.48. The molecular weight excluding hydrogens is 406 g/mol. The second-order valence-electron chi connectivity index (χ2n) is 11.1. The van der Waals surface area contributed by atoms with Gasteiger partial charge in [-0.2, -0.15) is 0 Å². The first kappa shape index (κ1) is 24.2. The molecule has 0 unspecified atom stereocenters. The van der Waals surface area contributed by atoms with E-state index in [1.54, 1.807) is 24.3 Å². The third-order valence-corrected chi connectivity index (χ3v) is 7.66.